The Balaban J connectivity index is 1.79. The number of carboxylic acids is 1. The first-order chi connectivity index (χ1) is 12.3. The summed E-state index contributed by atoms with van der Waals surface area (Å²) in [6.07, 6.45) is 0.339. The van der Waals surface area contributed by atoms with E-state index in [1.54, 1.807) is 24.3 Å². The zero-order valence-corrected chi connectivity index (χ0v) is 16.0. The summed E-state index contributed by atoms with van der Waals surface area (Å²) in [6, 6.07) is 9.34. The number of sulfonamides is 1. The van der Waals surface area contributed by atoms with Crippen molar-refractivity contribution in [1.82, 2.24) is 0 Å². The third kappa shape index (κ3) is 4.28. The van der Waals surface area contributed by atoms with Gasteiger partial charge < -0.3 is 14.6 Å². The zero-order valence-electron chi connectivity index (χ0n) is 13.6. The Hall–Kier alpha value is -2.26. The number of carbonyl (C=O) groups is 1. The van der Waals surface area contributed by atoms with Gasteiger partial charge in [-0.2, -0.15) is 0 Å². The predicted octanol–water partition coefficient (Wildman–Crippen LogP) is 3.04. The van der Waals surface area contributed by atoms with Gasteiger partial charge in [-0.15, -0.1) is 0 Å². The molecular formula is C17H16BrNO6S. The van der Waals surface area contributed by atoms with E-state index in [0.29, 0.717) is 41.3 Å². The third-order valence-corrected chi connectivity index (χ3v) is 5.77. The van der Waals surface area contributed by atoms with Gasteiger partial charge >= 0.3 is 5.97 Å². The van der Waals surface area contributed by atoms with Crippen LogP contribution in [0, 0.1) is 0 Å². The lowest BCUT2D eigenvalue weighted by atomic mass is 10.1. The fourth-order valence-corrected chi connectivity index (χ4v) is 4.06. The van der Waals surface area contributed by atoms with Crippen LogP contribution in [0.2, 0.25) is 0 Å². The Morgan fingerprint density at radius 1 is 1.12 bits per heavy atom. The molecule has 0 spiro atoms. The maximum atomic E-state index is 12.6. The van der Waals surface area contributed by atoms with E-state index in [4.69, 9.17) is 14.6 Å². The van der Waals surface area contributed by atoms with Crippen LogP contribution in [0.1, 0.15) is 12.0 Å². The van der Waals surface area contributed by atoms with E-state index in [1.807, 2.05) is 0 Å². The molecule has 0 unspecified atom stereocenters. The molecule has 1 aliphatic rings. The molecule has 0 aliphatic carbocycles. The van der Waals surface area contributed by atoms with Crippen LogP contribution in [-0.2, 0) is 21.2 Å². The predicted molar refractivity (Wildman–Crippen MR) is 98.3 cm³/mol. The molecule has 0 atom stereocenters. The second-order valence-electron chi connectivity index (χ2n) is 5.62. The lowest BCUT2D eigenvalue weighted by Crippen LogP contribution is -2.17. The van der Waals surface area contributed by atoms with E-state index in [9.17, 15) is 13.2 Å². The molecular weight excluding hydrogens is 426 g/mol. The first kappa shape index (κ1) is 18.5. The molecule has 2 N–H and O–H groups in total. The van der Waals surface area contributed by atoms with Crippen molar-refractivity contribution in [2.24, 2.45) is 0 Å². The molecule has 0 fully saturated rings. The molecule has 0 amide bonds. The summed E-state index contributed by atoms with van der Waals surface area (Å²) in [5.41, 5.74) is 1.09. The topological polar surface area (TPSA) is 102 Å². The van der Waals surface area contributed by atoms with Crippen LogP contribution in [0.15, 0.2) is 45.8 Å². The Morgan fingerprint density at radius 3 is 2.35 bits per heavy atom. The molecule has 138 valence electrons. The van der Waals surface area contributed by atoms with E-state index in [-0.39, 0.29) is 11.3 Å². The molecule has 2 aromatic carbocycles. The van der Waals surface area contributed by atoms with E-state index >= 15 is 0 Å². The van der Waals surface area contributed by atoms with Gasteiger partial charge in [-0.05, 0) is 40.0 Å². The van der Waals surface area contributed by atoms with Crippen molar-refractivity contribution in [3.05, 3.63) is 46.4 Å². The number of halogens is 1. The van der Waals surface area contributed by atoms with E-state index in [1.165, 1.54) is 12.1 Å². The highest BCUT2D eigenvalue weighted by Gasteiger charge is 2.20. The molecule has 0 saturated carbocycles. The van der Waals surface area contributed by atoms with Crippen LogP contribution in [0.4, 0.5) is 5.69 Å². The van der Waals surface area contributed by atoms with Crippen LogP contribution in [0.25, 0.3) is 0 Å². The van der Waals surface area contributed by atoms with Crippen molar-refractivity contribution >= 4 is 37.6 Å². The van der Waals surface area contributed by atoms with Gasteiger partial charge in [0, 0.05) is 23.0 Å². The van der Waals surface area contributed by atoms with E-state index in [2.05, 4.69) is 20.7 Å². The lowest BCUT2D eigenvalue weighted by Gasteiger charge is -2.20. The number of anilines is 1. The minimum Gasteiger partial charge on any atom is -0.486 e. The second kappa shape index (κ2) is 7.55. The summed E-state index contributed by atoms with van der Waals surface area (Å²) in [5.74, 6) is 0.127. The van der Waals surface area contributed by atoms with Crippen LogP contribution >= 0.6 is 15.9 Å². The molecule has 3 rings (SSSR count). The van der Waals surface area contributed by atoms with Crippen molar-refractivity contribution in [1.29, 1.82) is 0 Å². The Morgan fingerprint density at radius 2 is 1.73 bits per heavy atom. The maximum Gasteiger partial charge on any atom is 0.303 e. The fraction of sp³-hybridized carbons (Fsp3) is 0.235. The van der Waals surface area contributed by atoms with Gasteiger partial charge in [0.1, 0.15) is 13.2 Å². The normalized spacial score (nSPS) is 13.3. The van der Waals surface area contributed by atoms with Gasteiger partial charge in [0.15, 0.2) is 11.5 Å². The van der Waals surface area contributed by atoms with Gasteiger partial charge in [-0.3, -0.25) is 9.52 Å². The zero-order chi connectivity index (χ0) is 18.7. The summed E-state index contributed by atoms with van der Waals surface area (Å²) >= 11 is 3.33. The second-order valence-corrected chi connectivity index (χ2v) is 8.16. The quantitative estimate of drug-likeness (QED) is 0.713. The van der Waals surface area contributed by atoms with Gasteiger partial charge in [0.25, 0.3) is 10.0 Å². The average Bonchev–Trinajstić information content (AvgIpc) is 2.61. The molecule has 0 radical (unpaired) electrons. The number of ether oxygens (including phenoxy) is 2. The standard InChI is InChI=1S/C17H16BrNO6S/c18-13-9-15-16(25-8-7-24-15)10-14(13)19-26(22,23)12-4-1-11(2-5-12)3-6-17(20)21/h1-2,4-5,9-10,19H,3,6-8H2,(H,20,21). The summed E-state index contributed by atoms with van der Waals surface area (Å²) < 4.78 is 39.2. The highest BCUT2D eigenvalue weighted by Crippen LogP contribution is 2.38. The number of nitrogens with one attached hydrogen (secondary N) is 1. The first-order valence-corrected chi connectivity index (χ1v) is 10.1. The molecule has 1 aliphatic heterocycles. The number of hydrogen-bond acceptors (Lipinski definition) is 5. The number of hydrogen-bond donors (Lipinski definition) is 2. The van der Waals surface area contributed by atoms with E-state index < -0.39 is 16.0 Å². The largest absolute Gasteiger partial charge is 0.486 e. The van der Waals surface area contributed by atoms with E-state index in [0.717, 1.165) is 5.56 Å². The molecule has 9 heteroatoms. The minimum atomic E-state index is -3.80. The molecule has 26 heavy (non-hydrogen) atoms. The Kier molecular flexibility index (Phi) is 5.38. The number of rotatable bonds is 6. The molecule has 1 heterocycles. The van der Waals surface area contributed by atoms with Gasteiger partial charge in [0.2, 0.25) is 0 Å². The maximum absolute atomic E-state index is 12.6. The van der Waals surface area contributed by atoms with Gasteiger partial charge in [-0.1, -0.05) is 12.1 Å². The lowest BCUT2D eigenvalue weighted by molar-refractivity contribution is -0.136. The van der Waals surface area contributed by atoms with Crippen molar-refractivity contribution in [2.75, 3.05) is 17.9 Å². The highest BCUT2D eigenvalue weighted by molar-refractivity contribution is 9.10. The van der Waals surface area contributed by atoms with Crippen LogP contribution in [0.5, 0.6) is 11.5 Å². The molecule has 2 aromatic rings. The van der Waals surface area contributed by atoms with Gasteiger partial charge in [-0.25, -0.2) is 8.42 Å². The molecule has 0 aromatic heterocycles. The van der Waals surface area contributed by atoms with Crippen molar-refractivity contribution in [3.63, 3.8) is 0 Å². The molecule has 0 saturated heterocycles. The van der Waals surface area contributed by atoms with Crippen molar-refractivity contribution in [3.8, 4) is 11.5 Å². The summed E-state index contributed by atoms with van der Waals surface area (Å²) in [6.45, 7) is 0.845. The SMILES string of the molecule is O=C(O)CCc1ccc(S(=O)(=O)Nc2cc3c(cc2Br)OCCO3)cc1. The van der Waals surface area contributed by atoms with Crippen molar-refractivity contribution < 1.29 is 27.8 Å². The summed E-state index contributed by atoms with van der Waals surface area (Å²) in [4.78, 5) is 10.7. The number of aliphatic carboxylic acids is 1. The fourth-order valence-electron chi connectivity index (χ4n) is 2.43. The summed E-state index contributed by atoms with van der Waals surface area (Å²) in [7, 11) is -3.80. The molecule has 0 bridgehead atoms. The Bertz CT molecular complexity index is 927. The average molecular weight is 442 g/mol. The Labute approximate surface area is 159 Å². The summed E-state index contributed by atoms with van der Waals surface area (Å²) in [5, 5.41) is 8.70. The van der Waals surface area contributed by atoms with Crippen LogP contribution in [-0.4, -0.2) is 32.7 Å². The number of benzene rings is 2. The minimum absolute atomic E-state index is 0.00547. The number of fused-ring (bicyclic) bond motifs is 1. The van der Waals surface area contributed by atoms with Gasteiger partial charge in [0.05, 0.1) is 10.6 Å². The molecule has 7 nitrogen and oxygen atoms in total. The first-order valence-electron chi connectivity index (χ1n) is 7.78. The van der Waals surface area contributed by atoms with Crippen LogP contribution < -0.4 is 14.2 Å². The number of aryl methyl sites for hydroxylation is 1. The monoisotopic (exact) mass is 441 g/mol. The third-order valence-electron chi connectivity index (χ3n) is 3.74. The van der Waals surface area contributed by atoms with Crippen molar-refractivity contribution in [2.45, 2.75) is 17.7 Å². The van der Waals surface area contributed by atoms with Crippen LogP contribution in [0.3, 0.4) is 0 Å². The number of carboxylic acid groups (broad SMARTS) is 1. The smallest absolute Gasteiger partial charge is 0.303 e. The highest BCUT2D eigenvalue weighted by atomic mass is 79.9.